The first-order valence-corrected chi connectivity index (χ1v) is 9.16. The van der Waals surface area contributed by atoms with Crippen LogP contribution in [0.4, 0.5) is 5.95 Å². The molecule has 0 aliphatic carbocycles. The van der Waals surface area contributed by atoms with Gasteiger partial charge in [0.15, 0.2) is 0 Å². The second-order valence-corrected chi connectivity index (χ2v) is 6.89. The highest BCUT2D eigenvalue weighted by atomic mass is 32.1. The molecule has 0 bridgehead atoms. The average Bonchev–Trinajstić information content (AvgIpc) is 3.27. The van der Waals surface area contributed by atoms with E-state index in [2.05, 4.69) is 41.0 Å². The summed E-state index contributed by atoms with van der Waals surface area (Å²) in [5, 5.41) is 2.09. The fourth-order valence-corrected chi connectivity index (χ4v) is 3.81. The van der Waals surface area contributed by atoms with Crippen LogP contribution in [0.1, 0.15) is 36.0 Å². The SMILES string of the molecule is Cc1ccnc(N2CCC[C@@H](c3nccn3Cc3cscn3)C2)n1. The smallest absolute Gasteiger partial charge is 0.225 e. The van der Waals surface area contributed by atoms with Crippen LogP contribution in [0, 0.1) is 6.92 Å². The van der Waals surface area contributed by atoms with Crippen LogP contribution in [0.15, 0.2) is 35.5 Å². The Balaban J connectivity index is 1.53. The van der Waals surface area contributed by atoms with Crippen LogP contribution in [-0.4, -0.2) is 37.6 Å². The minimum absolute atomic E-state index is 0.400. The highest BCUT2D eigenvalue weighted by Crippen LogP contribution is 2.28. The van der Waals surface area contributed by atoms with Crippen LogP contribution in [0.2, 0.25) is 0 Å². The Morgan fingerprint density at radius 1 is 1.25 bits per heavy atom. The van der Waals surface area contributed by atoms with Crippen LogP contribution in [0.25, 0.3) is 0 Å². The van der Waals surface area contributed by atoms with Crippen molar-refractivity contribution in [3.05, 3.63) is 52.8 Å². The maximum absolute atomic E-state index is 4.64. The molecule has 1 saturated heterocycles. The van der Waals surface area contributed by atoms with Gasteiger partial charge in [-0.25, -0.2) is 19.9 Å². The normalized spacial score (nSPS) is 18.0. The lowest BCUT2D eigenvalue weighted by molar-refractivity contribution is 0.470. The van der Waals surface area contributed by atoms with Crippen LogP contribution in [-0.2, 0) is 6.54 Å². The molecule has 3 aromatic rings. The van der Waals surface area contributed by atoms with Crippen molar-refractivity contribution >= 4 is 17.3 Å². The number of rotatable bonds is 4. The summed E-state index contributed by atoms with van der Waals surface area (Å²) < 4.78 is 2.22. The van der Waals surface area contributed by atoms with Crippen molar-refractivity contribution in [2.75, 3.05) is 18.0 Å². The van der Waals surface area contributed by atoms with Gasteiger partial charge in [-0.15, -0.1) is 11.3 Å². The third-order valence-electron chi connectivity index (χ3n) is 4.41. The molecule has 1 aliphatic rings. The largest absolute Gasteiger partial charge is 0.340 e. The highest BCUT2D eigenvalue weighted by molar-refractivity contribution is 7.07. The Labute approximate surface area is 145 Å². The van der Waals surface area contributed by atoms with E-state index in [0.29, 0.717) is 5.92 Å². The topological polar surface area (TPSA) is 59.7 Å². The minimum Gasteiger partial charge on any atom is -0.340 e. The van der Waals surface area contributed by atoms with Gasteiger partial charge < -0.3 is 9.47 Å². The van der Waals surface area contributed by atoms with Crippen molar-refractivity contribution in [3.8, 4) is 0 Å². The molecule has 7 heteroatoms. The molecule has 3 aromatic heterocycles. The Hall–Kier alpha value is -2.28. The molecule has 1 fully saturated rings. The fraction of sp³-hybridized carbons (Fsp3) is 0.412. The van der Waals surface area contributed by atoms with E-state index in [1.54, 1.807) is 11.3 Å². The van der Waals surface area contributed by atoms with Gasteiger partial charge in [0, 0.05) is 48.7 Å². The van der Waals surface area contributed by atoms with Crippen molar-refractivity contribution < 1.29 is 0 Å². The van der Waals surface area contributed by atoms with Gasteiger partial charge in [0.2, 0.25) is 5.95 Å². The Morgan fingerprint density at radius 2 is 2.21 bits per heavy atom. The van der Waals surface area contributed by atoms with E-state index in [1.807, 2.05) is 30.9 Å². The van der Waals surface area contributed by atoms with Crippen molar-refractivity contribution in [1.82, 2.24) is 24.5 Å². The predicted octanol–water partition coefficient (Wildman–Crippen LogP) is 2.87. The quantitative estimate of drug-likeness (QED) is 0.731. The zero-order valence-corrected chi connectivity index (χ0v) is 14.5. The van der Waals surface area contributed by atoms with Gasteiger partial charge in [0.1, 0.15) is 5.82 Å². The van der Waals surface area contributed by atoms with Gasteiger partial charge in [0.05, 0.1) is 17.7 Å². The van der Waals surface area contributed by atoms with E-state index in [-0.39, 0.29) is 0 Å². The minimum atomic E-state index is 0.400. The Kier molecular flexibility index (Phi) is 4.25. The number of imidazole rings is 1. The Bertz CT molecular complexity index is 797. The number of hydrogen-bond donors (Lipinski definition) is 0. The van der Waals surface area contributed by atoms with Gasteiger partial charge in [-0.2, -0.15) is 0 Å². The van der Waals surface area contributed by atoms with Gasteiger partial charge in [-0.1, -0.05) is 0 Å². The Morgan fingerprint density at radius 3 is 3.04 bits per heavy atom. The second kappa shape index (κ2) is 6.68. The average molecular weight is 340 g/mol. The molecule has 0 radical (unpaired) electrons. The summed E-state index contributed by atoms with van der Waals surface area (Å²) in [5.41, 5.74) is 3.98. The second-order valence-electron chi connectivity index (χ2n) is 6.18. The van der Waals surface area contributed by atoms with Crippen molar-refractivity contribution in [2.45, 2.75) is 32.2 Å². The molecular formula is C17H20N6S. The molecule has 0 saturated carbocycles. The molecule has 0 N–H and O–H groups in total. The molecule has 124 valence electrons. The first-order valence-electron chi connectivity index (χ1n) is 8.22. The lowest BCUT2D eigenvalue weighted by atomic mass is 9.97. The summed E-state index contributed by atoms with van der Waals surface area (Å²) in [5.74, 6) is 2.37. The number of anilines is 1. The van der Waals surface area contributed by atoms with Crippen molar-refractivity contribution in [1.29, 1.82) is 0 Å². The maximum Gasteiger partial charge on any atom is 0.225 e. The third-order valence-corrected chi connectivity index (χ3v) is 5.05. The van der Waals surface area contributed by atoms with Gasteiger partial charge >= 0.3 is 0 Å². The van der Waals surface area contributed by atoms with E-state index >= 15 is 0 Å². The van der Waals surface area contributed by atoms with E-state index < -0.39 is 0 Å². The summed E-state index contributed by atoms with van der Waals surface area (Å²) in [6.07, 6.45) is 8.06. The first kappa shape index (κ1) is 15.3. The number of thiazole rings is 1. The van der Waals surface area contributed by atoms with Gasteiger partial charge in [-0.05, 0) is 25.8 Å². The van der Waals surface area contributed by atoms with Crippen LogP contribution < -0.4 is 4.90 Å². The zero-order valence-electron chi connectivity index (χ0n) is 13.7. The monoisotopic (exact) mass is 340 g/mol. The van der Waals surface area contributed by atoms with Crippen molar-refractivity contribution in [3.63, 3.8) is 0 Å². The molecule has 0 aromatic carbocycles. The number of hydrogen-bond acceptors (Lipinski definition) is 6. The maximum atomic E-state index is 4.64. The summed E-state index contributed by atoms with van der Waals surface area (Å²) in [7, 11) is 0. The van der Waals surface area contributed by atoms with Crippen molar-refractivity contribution in [2.24, 2.45) is 0 Å². The molecule has 4 heterocycles. The predicted molar refractivity (Wildman–Crippen MR) is 94.4 cm³/mol. The molecule has 6 nitrogen and oxygen atoms in total. The summed E-state index contributed by atoms with van der Waals surface area (Å²) >= 11 is 1.63. The summed E-state index contributed by atoms with van der Waals surface area (Å²) in [6, 6.07) is 1.94. The third kappa shape index (κ3) is 3.17. The highest BCUT2D eigenvalue weighted by Gasteiger charge is 2.26. The molecule has 24 heavy (non-hydrogen) atoms. The molecule has 1 atom stereocenters. The first-order chi connectivity index (χ1) is 11.8. The summed E-state index contributed by atoms with van der Waals surface area (Å²) in [6.45, 7) is 4.72. The van der Waals surface area contributed by atoms with Crippen LogP contribution >= 0.6 is 11.3 Å². The van der Waals surface area contributed by atoms with Crippen LogP contribution in [0.5, 0.6) is 0 Å². The standard InChI is InChI=1S/C17H20N6S/c1-13-4-5-19-17(21-13)23-7-2-3-14(9-23)16-18-6-8-22(16)10-15-11-24-12-20-15/h4-6,8,11-12,14H,2-3,7,9-10H2,1H3/t14-/m1/s1. The molecule has 0 spiro atoms. The number of aryl methyl sites for hydroxylation is 1. The van der Waals surface area contributed by atoms with E-state index in [1.165, 1.54) is 0 Å². The van der Waals surface area contributed by atoms with E-state index in [0.717, 1.165) is 55.6 Å². The molecule has 1 aliphatic heterocycles. The van der Waals surface area contributed by atoms with E-state index in [9.17, 15) is 0 Å². The molecular weight excluding hydrogens is 320 g/mol. The van der Waals surface area contributed by atoms with Gasteiger partial charge in [0.25, 0.3) is 0 Å². The zero-order chi connectivity index (χ0) is 16.4. The van der Waals surface area contributed by atoms with Crippen LogP contribution in [0.3, 0.4) is 0 Å². The number of piperidine rings is 1. The lowest BCUT2D eigenvalue weighted by Crippen LogP contribution is -2.36. The van der Waals surface area contributed by atoms with Gasteiger partial charge in [-0.3, -0.25) is 0 Å². The summed E-state index contributed by atoms with van der Waals surface area (Å²) in [4.78, 5) is 20.3. The number of nitrogens with zero attached hydrogens (tertiary/aromatic N) is 6. The van der Waals surface area contributed by atoms with E-state index in [4.69, 9.17) is 0 Å². The number of aromatic nitrogens is 5. The lowest BCUT2D eigenvalue weighted by Gasteiger charge is -2.32. The molecule has 0 amide bonds. The molecule has 4 rings (SSSR count). The molecule has 0 unspecified atom stereocenters. The fourth-order valence-electron chi connectivity index (χ4n) is 3.26.